The fourth-order valence-electron chi connectivity index (χ4n) is 1.27. The van der Waals surface area contributed by atoms with E-state index in [0.717, 1.165) is 5.82 Å². The Balaban J connectivity index is 2.36. The van der Waals surface area contributed by atoms with E-state index in [1.807, 2.05) is 6.20 Å². The second-order valence-electron chi connectivity index (χ2n) is 4.35. The van der Waals surface area contributed by atoms with E-state index in [1.165, 1.54) is 9.75 Å². The molecule has 2 aromatic heterocycles. The molecule has 2 aromatic rings. The van der Waals surface area contributed by atoms with Crippen LogP contribution in [0.25, 0.3) is 10.7 Å². The summed E-state index contributed by atoms with van der Waals surface area (Å²) in [4.78, 5) is 9.96. The van der Waals surface area contributed by atoms with Gasteiger partial charge in [0.1, 0.15) is 5.82 Å². The molecule has 0 saturated carbocycles. The molecule has 0 fully saturated rings. The van der Waals surface area contributed by atoms with Crippen molar-refractivity contribution < 1.29 is 0 Å². The van der Waals surface area contributed by atoms with E-state index in [0.29, 0.717) is 0 Å². The van der Waals surface area contributed by atoms with Crippen LogP contribution in [-0.4, -0.2) is 9.97 Å². The third kappa shape index (κ3) is 1.73. The molecule has 0 radical (unpaired) electrons. The summed E-state index contributed by atoms with van der Waals surface area (Å²) in [5.74, 6) is 0.963. The van der Waals surface area contributed by atoms with Crippen molar-refractivity contribution in [2.45, 2.75) is 26.2 Å². The van der Waals surface area contributed by atoms with Gasteiger partial charge >= 0.3 is 0 Å². The van der Waals surface area contributed by atoms with Gasteiger partial charge in [-0.2, -0.15) is 0 Å². The number of aromatic nitrogens is 2. The maximum Gasteiger partial charge on any atom is 0.147 e. The Morgan fingerprint density at radius 1 is 1.29 bits per heavy atom. The Kier molecular flexibility index (Phi) is 2.19. The number of imidazole rings is 1. The van der Waals surface area contributed by atoms with Crippen LogP contribution in [-0.2, 0) is 5.41 Å². The lowest BCUT2D eigenvalue weighted by atomic mass is 9.95. The summed E-state index contributed by atoms with van der Waals surface area (Å²) >= 11 is 1.80. The monoisotopic (exact) mass is 206 g/mol. The number of nitrogens with zero attached hydrogens (tertiary/aromatic N) is 1. The number of nitrogens with one attached hydrogen (secondary N) is 1. The zero-order chi connectivity index (χ0) is 10.2. The molecule has 74 valence electrons. The minimum atomic E-state index is 0.232. The zero-order valence-electron chi connectivity index (χ0n) is 8.66. The van der Waals surface area contributed by atoms with Gasteiger partial charge in [-0.15, -0.1) is 11.3 Å². The summed E-state index contributed by atoms with van der Waals surface area (Å²) in [5, 5.41) is 0. The van der Waals surface area contributed by atoms with Gasteiger partial charge < -0.3 is 4.98 Å². The summed E-state index contributed by atoms with van der Waals surface area (Å²) in [6.45, 7) is 6.68. The Morgan fingerprint density at radius 3 is 2.57 bits per heavy atom. The second kappa shape index (κ2) is 3.24. The molecule has 0 amide bonds. The lowest BCUT2D eigenvalue weighted by Gasteiger charge is -2.15. The summed E-state index contributed by atoms with van der Waals surface area (Å²) in [6, 6.07) is 4.31. The quantitative estimate of drug-likeness (QED) is 0.760. The van der Waals surface area contributed by atoms with Gasteiger partial charge in [0.25, 0.3) is 0 Å². The van der Waals surface area contributed by atoms with Gasteiger partial charge in [-0.3, -0.25) is 0 Å². The topological polar surface area (TPSA) is 28.7 Å². The van der Waals surface area contributed by atoms with Crippen molar-refractivity contribution in [3.05, 3.63) is 29.4 Å². The van der Waals surface area contributed by atoms with Crippen LogP contribution in [0.5, 0.6) is 0 Å². The molecule has 2 rings (SSSR count). The van der Waals surface area contributed by atoms with E-state index in [-0.39, 0.29) is 5.41 Å². The van der Waals surface area contributed by atoms with E-state index < -0.39 is 0 Å². The number of aromatic amines is 1. The van der Waals surface area contributed by atoms with Crippen LogP contribution in [0.4, 0.5) is 0 Å². The van der Waals surface area contributed by atoms with E-state index in [1.54, 1.807) is 17.5 Å². The van der Waals surface area contributed by atoms with E-state index in [9.17, 15) is 0 Å². The highest BCUT2D eigenvalue weighted by atomic mass is 32.1. The highest BCUT2D eigenvalue weighted by molar-refractivity contribution is 7.15. The minimum absolute atomic E-state index is 0.232. The van der Waals surface area contributed by atoms with Crippen LogP contribution in [0.15, 0.2) is 24.5 Å². The van der Waals surface area contributed by atoms with Crippen molar-refractivity contribution in [1.29, 1.82) is 0 Å². The first-order valence-electron chi connectivity index (χ1n) is 4.67. The average Bonchev–Trinajstić information content (AvgIpc) is 2.73. The molecule has 0 saturated heterocycles. The fraction of sp³-hybridized carbons (Fsp3) is 0.364. The summed E-state index contributed by atoms with van der Waals surface area (Å²) < 4.78 is 0. The smallest absolute Gasteiger partial charge is 0.147 e. The maximum absolute atomic E-state index is 4.24. The average molecular weight is 206 g/mol. The third-order valence-electron chi connectivity index (χ3n) is 2.08. The number of H-pyrrole nitrogens is 1. The molecule has 0 atom stereocenters. The van der Waals surface area contributed by atoms with Crippen molar-refractivity contribution in [1.82, 2.24) is 9.97 Å². The molecular formula is C11H14N2S. The van der Waals surface area contributed by atoms with E-state index in [2.05, 4.69) is 42.9 Å². The second-order valence-corrected chi connectivity index (χ2v) is 5.44. The van der Waals surface area contributed by atoms with Gasteiger partial charge in [0, 0.05) is 17.3 Å². The Hall–Kier alpha value is -1.09. The Bertz CT molecular complexity index is 407. The molecule has 0 aromatic carbocycles. The standard InChI is InChI=1S/C11H14N2S/c1-11(2,3)9-5-4-8(14-9)10-12-6-7-13-10/h4-7H,1-3H3,(H,12,13). The Morgan fingerprint density at radius 2 is 2.07 bits per heavy atom. The van der Waals surface area contributed by atoms with E-state index >= 15 is 0 Å². The molecule has 2 heterocycles. The number of thiophene rings is 1. The first-order valence-corrected chi connectivity index (χ1v) is 5.49. The highest BCUT2D eigenvalue weighted by Crippen LogP contribution is 2.33. The van der Waals surface area contributed by atoms with E-state index in [4.69, 9.17) is 0 Å². The fourth-order valence-corrected chi connectivity index (χ4v) is 2.29. The molecule has 0 unspecified atom stereocenters. The third-order valence-corrected chi connectivity index (χ3v) is 3.59. The van der Waals surface area contributed by atoms with Crippen LogP contribution in [0.3, 0.4) is 0 Å². The van der Waals surface area contributed by atoms with Gasteiger partial charge in [-0.1, -0.05) is 20.8 Å². The maximum atomic E-state index is 4.24. The summed E-state index contributed by atoms with van der Waals surface area (Å²) in [7, 11) is 0. The zero-order valence-corrected chi connectivity index (χ0v) is 9.48. The van der Waals surface area contributed by atoms with Gasteiger partial charge in [-0.05, 0) is 17.5 Å². The van der Waals surface area contributed by atoms with Gasteiger partial charge in [0.05, 0.1) is 4.88 Å². The first kappa shape index (κ1) is 9.46. The number of hydrogen-bond donors (Lipinski definition) is 1. The molecule has 2 nitrogen and oxygen atoms in total. The molecule has 1 N–H and O–H groups in total. The van der Waals surface area contributed by atoms with Crippen molar-refractivity contribution >= 4 is 11.3 Å². The van der Waals surface area contributed by atoms with Crippen molar-refractivity contribution in [3.63, 3.8) is 0 Å². The normalized spacial score (nSPS) is 11.9. The predicted molar refractivity (Wildman–Crippen MR) is 60.6 cm³/mol. The number of rotatable bonds is 1. The van der Waals surface area contributed by atoms with Gasteiger partial charge in [-0.25, -0.2) is 4.98 Å². The molecule has 0 spiro atoms. The molecular weight excluding hydrogens is 192 g/mol. The Labute approximate surface area is 88.0 Å². The molecule has 0 aliphatic heterocycles. The molecule has 14 heavy (non-hydrogen) atoms. The predicted octanol–water partition coefficient (Wildman–Crippen LogP) is 3.44. The van der Waals surface area contributed by atoms with Crippen molar-refractivity contribution in [2.24, 2.45) is 0 Å². The SMILES string of the molecule is CC(C)(C)c1ccc(-c2ncc[nH]2)s1. The molecule has 0 aliphatic carbocycles. The van der Waals surface area contributed by atoms with Crippen LogP contribution >= 0.6 is 11.3 Å². The van der Waals surface area contributed by atoms with Crippen LogP contribution in [0.2, 0.25) is 0 Å². The number of hydrogen-bond acceptors (Lipinski definition) is 2. The summed E-state index contributed by atoms with van der Waals surface area (Å²) in [5.41, 5.74) is 0.232. The van der Waals surface area contributed by atoms with Gasteiger partial charge in [0.2, 0.25) is 0 Å². The lowest BCUT2D eigenvalue weighted by molar-refractivity contribution is 0.604. The largest absolute Gasteiger partial charge is 0.344 e. The van der Waals surface area contributed by atoms with Crippen LogP contribution in [0, 0.1) is 0 Å². The van der Waals surface area contributed by atoms with Gasteiger partial charge in [0.15, 0.2) is 0 Å². The van der Waals surface area contributed by atoms with Crippen LogP contribution in [0.1, 0.15) is 25.6 Å². The minimum Gasteiger partial charge on any atom is -0.344 e. The molecule has 0 bridgehead atoms. The highest BCUT2D eigenvalue weighted by Gasteiger charge is 2.16. The molecule has 3 heteroatoms. The van der Waals surface area contributed by atoms with Crippen LogP contribution < -0.4 is 0 Å². The van der Waals surface area contributed by atoms with Crippen molar-refractivity contribution in [3.8, 4) is 10.7 Å². The summed E-state index contributed by atoms with van der Waals surface area (Å²) in [6.07, 6.45) is 3.64. The van der Waals surface area contributed by atoms with Crippen molar-refractivity contribution in [2.75, 3.05) is 0 Å². The molecule has 0 aliphatic rings. The lowest BCUT2D eigenvalue weighted by Crippen LogP contribution is -2.07. The first-order chi connectivity index (χ1) is 6.57.